The highest BCUT2D eigenvalue weighted by Gasteiger charge is 2.16. The van der Waals surface area contributed by atoms with E-state index in [2.05, 4.69) is 33.3 Å². The fourth-order valence-electron chi connectivity index (χ4n) is 2.96. The van der Waals surface area contributed by atoms with Gasteiger partial charge in [0, 0.05) is 29.1 Å². The number of hydrogen-bond acceptors (Lipinski definition) is 3. The van der Waals surface area contributed by atoms with Gasteiger partial charge in [-0.15, -0.1) is 0 Å². The first-order chi connectivity index (χ1) is 9.31. The highest BCUT2D eigenvalue weighted by atomic mass is 16.5. The van der Waals surface area contributed by atoms with Gasteiger partial charge in [-0.2, -0.15) is 4.98 Å². The summed E-state index contributed by atoms with van der Waals surface area (Å²) < 4.78 is 5.06. The predicted molar refractivity (Wildman–Crippen MR) is 73.0 cm³/mol. The van der Waals surface area contributed by atoms with Gasteiger partial charge >= 0.3 is 0 Å². The molecule has 0 spiro atoms. The number of nitrogens with one attached hydrogen (secondary N) is 1. The van der Waals surface area contributed by atoms with Gasteiger partial charge in [-0.3, -0.25) is 0 Å². The molecule has 0 saturated heterocycles. The molecule has 3 aromatic rings. The average molecular weight is 253 g/mol. The highest BCUT2D eigenvalue weighted by molar-refractivity contribution is 5.88. The van der Waals surface area contributed by atoms with Crippen LogP contribution in [-0.4, -0.2) is 15.1 Å². The molecule has 2 aromatic heterocycles. The van der Waals surface area contributed by atoms with Crippen molar-refractivity contribution < 1.29 is 4.52 Å². The second-order valence-electron chi connectivity index (χ2n) is 5.19. The van der Waals surface area contributed by atoms with Crippen LogP contribution < -0.4 is 0 Å². The van der Waals surface area contributed by atoms with E-state index in [1.54, 1.807) is 0 Å². The number of nitrogens with zero attached hydrogens (tertiary/aromatic N) is 2. The van der Waals surface area contributed by atoms with E-state index in [-0.39, 0.29) is 0 Å². The number of fused-ring (bicyclic) bond motifs is 3. The van der Waals surface area contributed by atoms with Crippen LogP contribution in [0.2, 0.25) is 0 Å². The molecule has 0 fully saturated rings. The number of rotatable bonds is 1. The molecule has 0 radical (unpaired) electrons. The van der Waals surface area contributed by atoms with E-state index in [0.717, 1.165) is 5.56 Å². The molecule has 0 bridgehead atoms. The first-order valence-electron chi connectivity index (χ1n) is 6.75. The fourth-order valence-corrected chi connectivity index (χ4v) is 2.96. The lowest BCUT2D eigenvalue weighted by Gasteiger charge is -2.10. The maximum Gasteiger partial charge on any atom is 0.223 e. The smallest absolute Gasteiger partial charge is 0.223 e. The van der Waals surface area contributed by atoms with Gasteiger partial charge in [0.05, 0.1) is 0 Å². The third-order valence-electron chi connectivity index (χ3n) is 3.88. The van der Waals surface area contributed by atoms with E-state index in [1.807, 2.05) is 6.92 Å². The highest BCUT2D eigenvalue weighted by Crippen LogP contribution is 2.31. The van der Waals surface area contributed by atoms with Crippen LogP contribution in [0.1, 0.15) is 30.0 Å². The zero-order valence-corrected chi connectivity index (χ0v) is 10.9. The number of aromatic amines is 1. The Labute approximate surface area is 110 Å². The molecule has 1 aromatic carbocycles. The van der Waals surface area contributed by atoms with Crippen molar-refractivity contribution in [3.63, 3.8) is 0 Å². The van der Waals surface area contributed by atoms with Crippen LogP contribution in [0, 0.1) is 6.92 Å². The summed E-state index contributed by atoms with van der Waals surface area (Å²) in [6, 6.07) is 6.35. The second kappa shape index (κ2) is 3.95. The minimum atomic E-state index is 0.603. The Bertz CT molecular complexity index is 754. The summed E-state index contributed by atoms with van der Waals surface area (Å²) in [6.07, 6.45) is 4.91. The van der Waals surface area contributed by atoms with E-state index in [4.69, 9.17) is 4.52 Å². The molecular weight excluding hydrogens is 238 g/mol. The molecule has 4 rings (SSSR count). The lowest BCUT2D eigenvalue weighted by atomic mass is 9.95. The molecule has 1 aliphatic carbocycles. The Morgan fingerprint density at radius 3 is 2.95 bits per heavy atom. The molecule has 0 amide bonds. The maximum absolute atomic E-state index is 5.06. The van der Waals surface area contributed by atoms with Gasteiger partial charge in [-0.25, -0.2) is 0 Å². The summed E-state index contributed by atoms with van der Waals surface area (Å²) in [6.45, 7) is 1.81. The van der Waals surface area contributed by atoms with Gasteiger partial charge < -0.3 is 9.51 Å². The van der Waals surface area contributed by atoms with Gasteiger partial charge in [0.1, 0.15) is 0 Å². The van der Waals surface area contributed by atoms with Crippen molar-refractivity contribution in [2.75, 3.05) is 0 Å². The van der Waals surface area contributed by atoms with Crippen molar-refractivity contribution >= 4 is 10.9 Å². The summed E-state index contributed by atoms with van der Waals surface area (Å²) in [5.41, 5.74) is 5.12. The molecule has 0 atom stereocenters. The average Bonchev–Trinajstić information content (AvgIpc) is 3.01. The molecule has 0 unspecified atom stereocenters. The van der Waals surface area contributed by atoms with Gasteiger partial charge in [0.2, 0.25) is 11.7 Å². The van der Waals surface area contributed by atoms with Gasteiger partial charge in [0.25, 0.3) is 0 Å². The molecule has 19 heavy (non-hydrogen) atoms. The van der Waals surface area contributed by atoms with E-state index in [1.165, 1.54) is 47.8 Å². The minimum Gasteiger partial charge on any atom is -0.358 e. The van der Waals surface area contributed by atoms with Crippen molar-refractivity contribution in [1.82, 2.24) is 15.1 Å². The van der Waals surface area contributed by atoms with Crippen molar-refractivity contribution in [3.05, 3.63) is 35.3 Å². The molecule has 4 nitrogen and oxygen atoms in total. The molecule has 0 saturated carbocycles. The first-order valence-corrected chi connectivity index (χ1v) is 6.75. The minimum absolute atomic E-state index is 0.603. The SMILES string of the molecule is Cc1nc(-c2ccc3[nH]c4c(c3c2)CCCC4)no1. The fraction of sp³-hybridized carbons (Fsp3) is 0.333. The first kappa shape index (κ1) is 10.8. The second-order valence-corrected chi connectivity index (χ2v) is 5.19. The quantitative estimate of drug-likeness (QED) is 0.723. The monoisotopic (exact) mass is 253 g/mol. The summed E-state index contributed by atoms with van der Waals surface area (Å²) in [4.78, 5) is 7.83. The number of hydrogen-bond donors (Lipinski definition) is 1. The van der Waals surface area contributed by atoms with Crippen LogP contribution in [-0.2, 0) is 12.8 Å². The Morgan fingerprint density at radius 1 is 1.21 bits per heavy atom. The van der Waals surface area contributed by atoms with E-state index < -0.39 is 0 Å². The third kappa shape index (κ3) is 1.67. The number of benzene rings is 1. The predicted octanol–water partition coefficient (Wildman–Crippen LogP) is 3.41. The van der Waals surface area contributed by atoms with E-state index in [9.17, 15) is 0 Å². The topological polar surface area (TPSA) is 54.7 Å². The number of H-pyrrole nitrogens is 1. The maximum atomic E-state index is 5.06. The zero-order chi connectivity index (χ0) is 12.8. The summed E-state index contributed by atoms with van der Waals surface area (Å²) in [5.74, 6) is 1.27. The third-order valence-corrected chi connectivity index (χ3v) is 3.88. The number of aromatic nitrogens is 3. The molecule has 1 aliphatic rings. The van der Waals surface area contributed by atoms with Crippen molar-refractivity contribution in [3.8, 4) is 11.4 Å². The number of aryl methyl sites for hydroxylation is 3. The Balaban J connectivity index is 1.90. The standard InChI is InChI=1S/C15H15N3O/c1-9-16-15(18-19-9)10-6-7-14-12(8-10)11-4-2-3-5-13(11)17-14/h6-8,17H,2-5H2,1H3. The summed E-state index contributed by atoms with van der Waals surface area (Å²) >= 11 is 0. The normalized spacial score (nSPS) is 14.8. The summed E-state index contributed by atoms with van der Waals surface area (Å²) in [5, 5.41) is 5.31. The van der Waals surface area contributed by atoms with Crippen LogP contribution >= 0.6 is 0 Å². The van der Waals surface area contributed by atoms with Crippen LogP contribution in [0.4, 0.5) is 0 Å². The largest absolute Gasteiger partial charge is 0.358 e. The van der Waals surface area contributed by atoms with Gasteiger partial charge in [0.15, 0.2) is 0 Å². The molecule has 96 valence electrons. The molecule has 4 heteroatoms. The Kier molecular flexibility index (Phi) is 2.24. The molecular formula is C15H15N3O. The molecule has 0 aliphatic heterocycles. The van der Waals surface area contributed by atoms with Gasteiger partial charge in [-0.1, -0.05) is 5.16 Å². The van der Waals surface area contributed by atoms with E-state index >= 15 is 0 Å². The molecule has 1 N–H and O–H groups in total. The van der Waals surface area contributed by atoms with Crippen molar-refractivity contribution in [2.45, 2.75) is 32.6 Å². The Hall–Kier alpha value is -2.10. The van der Waals surface area contributed by atoms with Crippen molar-refractivity contribution in [2.24, 2.45) is 0 Å². The lowest BCUT2D eigenvalue weighted by molar-refractivity contribution is 0.394. The van der Waals surface area contributed by atoms with Crippen LogP contribution in [0.5, 0.6) is 0 Å². The summed E-state index contributed by atoms with van der Waals surface area (Å²) in [7, 11) is 0. The van der Waals surface area contributed by atoms with Crippen LogP contribution in [0.15, 0.2) is 22.7 Å². The van der Waals surface area contributed by atoms with Crippen LogP contribution in [0.25, 0.3) is 22.3 Å². The zero-order valence-electron chi connectivity index (χ0n) is 10.9. The van der Waals surface area contributed by atoms with Crippen molar-refractivity contribution in [1.29, 1.82) is 0 Å². The molecule has 2 heterocycles. The van der Waals surface area contributed by atoms with E-state index in [0.29, 0.717) is 11.7 Å². The van der Waals surface area contributed by atoms with Gasteiger partial charge in [-0.05, 0) is 49.4 Å². The van der Waals surface area contributed by atoms with Crippen LogP contribution in [0.3, 0.4) is 0 Å². The Morgan fingerprint density at radius 2 is 2.11 bits per heavy atom. The lowest BCUT2D eigenvalue weighted by Crippen LogP contribution is -1.99.